The fraction of sp³-hybridized carbons (Fsp3) is 0.360. The number of hydrogen-bond acceptors (Lipinski definition) is 7. The van der Waals surface area contributed by atoms with Crippen molar-refractivity contribution in [3.8, 4) is 0 Å². The number of carbonyl (C=O) groups is 3. The van der Waals surface area contributed by atoms with Crippen molar-refractivity contribution in [2.45, 2.75) is 45.4 Å². The van der Waals surface area contributed by atoms with E-state index in [1.54, 1.807) is 50.0 Å². The third kappa shape index (κ3) is 4.94. The normalized spacial score (nSPS) is 18.3. The number of ketones is 1. The van der Waals surface area contributed by atoms with Crippen molar-refractivity contribution in [2.75, 3.05) is 10.1 Å². The molecule has 8 nitrogen and oxygen atoms in total. The van der Waals surface area contributed by atoms with Crippen LogP contribution in [0.2, 0.25) is 0 Å². The molecule has 3 aromatic rings. The summed E-state index contributed by atoms with van der Waals surface area (Å²) in [6, 6.07) is 10.2. The van der Waals surface area contributed by atoms with E-state index in [2.05, 4.69) is 4.98 Å². The molecule has 0 radical (unpaired) electrons. The molecule has 2 atom stereocenters. The summed E-state index contributed by atoms with van der Waals surface area (Å²) in [7, 11) is 0. The Kier molecular flexibility index (Phi) is 6.65. The van der Waals surface area contributed by atoms with Crippen molar-refractivity contribution in [2.24, 2.45) is 5.92 Å². The van der Waals surface area contributed by atoms with Gasteiger partial charge in [0.2, 0.25) is 0 Å². The zero-order valence-corrected chi connectivity index (χ0v) is 20.1. The number of pyridine rings is 1. The van der Waals surface area contributed by atoms with Gasteiger partial charge in [0.05, 0.1) is 24.2 Å². The fourth-order valence-corrected chi connectivity index (χ4v) is 5.41. The Hall–Kier alpha value is -3.33. The zero-order chi connectivity index (χ0) is 24.5. The first-order valence-electron chi connectivity index (χ1n) is 11.0. The summed E-state index contributed by atoms with van der Waals surface area (Å²) in [6.45, 7) is 5.65. The number of Topliss-reactive ketones (excluding diaryl/α,β-unsaturated/α-hetero) is 1. The summed E-state index contributed by atoms with van der Waals surface area (Å²) >= 11 is 1.40. The van der Waals surface area contributed by atoms with Crippen molar-refractivity contribution in [1.82, 2.24) is 9.55 Å². The van der Waals surface area contributed by atoms with Crippen LogP contribution in [0.15, 0.2) is 55.0 Å². The SMILES string of the molecule is CC(C)(C)OC(=O)C1C(C(=O)c2cn(CCC(=O)O)c3ccccc23)CSN1c1cccnc1. The molecular formula is C25H27N3O5S. The van der Waals surface area contributed by atoms with E-state index in [0.29, 0.717) is 11.3 Å². The molecule has 2 aromatic heterocycles. The minimum Gasteiger partial charge on any atom is -0.481 e. The third-order valence-corrected chi connectivity index (χ3v) is 6.76. The molecule has 1 fully saturated rings. The number of carboxylic acids is 1. The number of fused-ring (bicyclic) bond motifs is 1. The monoisotopic (exact) mass is 481 g/mol. The Balaban J connectivity index is 1.72. The van der Waals surface area contributed by atoms with Gasteiger partial charge in [0.25, 0.3) is 0 Å². The number of hydrogen-bond donors (Lipinski definition) is 1. The fourth-order valence-electron chi connectivity index (χ4n) is 4.10. The number of benzene rings is 1. The minimum atomic E-state index is -0.907. The lowest BCUT2D eigenvalue weighted by atomic mass is 9.91. The van der Waals surface area contributed by atoms with Crippen LogP contribution in [0, 0.1) is 5.92 Å². The Morgan fingerprint density at radius 1 is 1.18 bits per heavy atom. The van der Waals surface area contributed by atoms with Gasteiger partial charge in [0, 0.05) is 41.2 Å². The van der Waals surface area contributed by atoms with Crippen LogP contribution in [0.1, 0.15) is 37.6 Å². The average molecular weight is 482 g/mol. The number of carbonyl (C=O) groups excluding carboxylic acids is 2. The molecule has 1 N–H and O–H groups in total. The minimum absolute atomic E-state index is 0.0547. The van der Waals surface area contributed by atoms with Gasteiger partial charge < -0.3 is 14.4 Å². The second kappa shape index (κ2) is 9.50. The van der Waals surface area contributed by atoms with Crippen molar-refractivity contribution in [3.05, 3.63) is 60.6 Å². The molecule has 34 heavy (non-hydrogen) atoms. The number of carboxylic acid groups (broad SMARTS) is 1. The zero-order valence-electron chi connectivity index (χ0n) is 19.3. The summed E-state index contributed by atoms with van der Waals surface area (Å²) < 4.78 is 9.31. The number of para-hydroxylation sites is 1. The summed E-state index contributed by atoms with van der Waals surface area (Å²) in [5.74, 6) is -1.77. The van der Waals surface area contributed by atoms with Crippen molar-refractivity contribution in [3.63, 3.8) is 0 Å². The number of rotatable bonds is 7. The van der Waals surface area contributed by atoms with Crippen LogP contribution in [0.5, 0.6) is 0 Å². The van der Waals surface area contributed by atoms with Gasteiger partial charge in [0.15, 0.2) is 5.78 Å². The summed E-state index contributed by atoms with van der Waals surface area (Å²) in [5.41, 5.74) is 1.29. The lowest BCUT2D eigenvalue weighted by Crippen LogP contribution is -2.44. The van der Waals surface area contributed by atoms with E-state index in [0.717, 1.165) is 16.6 Å². The number of nitrogens with zero attached hydrogens (tertiary/aromatic N) is 3. The lowest BCUT2D eigenvalue weighted by molar-refractivity contribution is -0.156. The molecule has 0 aliphatic carbocycles. The van der Waals surface area contributed by atoms with E-state index in [9.17, 15) is 14.4 Å². The van der Waals surface area contributed by atoms with E-state index in [1.807, 2.05) is 34.6 Å². The highest BCUT2D eigenvalue weighted by atomic mass is 32.2. The van der Waals surface area contributed by atoms with E-state index >= 15 is 0 Å². The first-order valence-corrected chi connectivity index (χ1v) is 12.0. The molecule has 1 saturated heterocycles. The molecule has 0 bridgehead atoms. The number of anilines is 1. The number of aryl methyl sites for hydroxylation is 1. The maximum absolute atomic E-state index is 13.9. The second-order valence-corrected chi connectivity index (χ2v) is 10.2. The standard InChI is InChI=1S/C25H27N3O5S/c1-25(2,3)33-24(32)22-19(15-34-28(22)16-7-6-11-26-13-16)23(31)18-14-27(12-10-21(29)30)20-9-5-4-8-17(18)20/h4-9,11,13-14,19,22H,10,12,15H2,1-3H3,(H,29,30). The van der Waals surface area contributed by atoms with Crippen LogP contribution in [-0.2, 0) is 20.9 Å². The molecule has 1 aromatic carbocycles. The average Bonchev–Trinajstić information content (AvgIpc) is 3.39. The second-order valence-electron chi connectivity index (χ2n) is 9.18. The number of aliphatic carboxylic acids is 1. The Bertz CT molecular complexity index is 1220. The van der Waals surface area contributed by atoms with Gasteiger partial charge in [-0.25, -0.2) is 4.79 Å². The van der Waals surface area contributed by atoms with Gasteiger partial charge >= 0.3 is 11.9 Å². The maximum Gasteiger partial charge on any atom is 0.331 e. The molecule has 1 aliphatic heterocycles. The highest BCUT2D eigenvalue weighted by Gasteiger charge is 2.47. The molecule has 4 rings (SSSR count). The largest absolute Gasteiger partial charge is 0.481 e. The summed E-state index contributed by atoms with van der Waals surface area (Å²) in [6.07, 6.45) is 4.97. The Morgan fingerprint density at radius 3 is 2.62 bits per heavy atom. The molecular weight excluding hydrogens is 454 g/mol. The molecule has 0 amide bonds. The van der Waals surface area contributed by atoms with Gasteiger partial charge in [-0.15, -0.1) is 0 Å². The topological polar surface area (TPSA) is 102 Å². The molecule has 2 unspecified atom stereocenters. The van der Waals surface area contributed by atoms with E-state index in [-0.39, 0.29) is 18.7 Å². The molecule has 3 heterocycles. The predicted molar refractivity (Wildman–Crippen MR) is 131 cm³/mol. The number of ether oxygens (including phenoxy) is 1. The summed E-state index contributed by atoms with van der Waals surface area (Å²) in [4.78, 5) is 42.5. The molecule has 178 valence electrons. The van der Waals surface area contributed by atoms with Crippen molar-refractivity contribution < 1.29 is 24.2 Å². The highest BCUT2D eigenvalue weighted by Crippen LogP contribution is 2.40. The smallest absolute Gasteiger partial charge is 0.331 e. The van der Waals surface area contributed by atoms with Crippen LogP contribution >= 0.6 is 11.9 Å². The Morgan fingerprint density at radius 2 is 1.94 bits per heavy atom. The van der Waals surface area contributed by atoms with Crippen LogP contribution in [-0.4, -0.2) is 49.8 Å². The quantitative estimate of drug-likeness (QED) is 0.305. The van der Waals surface area contributed by atoms with Crippen LogP contribution in [0.3, 0.4) is 0 Å². The number of aromatic nitrogens is 2. The van der Waals surface area contributed by atoms with Gasteiger partial charge in [-0.05, 0) is 50.9 Å². The van der Waals surface area contributed by atoms with Crippen LogP contribution in [0.25, 0.3) is 10.9 Å². The van der Waals surface area contributed by atoms with Gasteiger partial charge in [-0.2, -0.15) is 0 Å². The predicted octanol–water partition coefficient (Wildman–Crippen LogP) is 4.19. The van der Waals surface area contributed by atoms with Crippen molar-refractivity contribution in [1.29, 1.82) is 0 Å². The van der Waals surface area contributed by atoms with E-state index in [1.165, 1.54) is 11.9 Å². The third-order valence-electron chi connectivity index (χ3n) is 5.53. The molecule has 0 spiro atoms. The highest BCUT2D eigenvalue weighted by molar-refractivity contribution is 8.01. The first kappa shape index (κ1) is 23.8. The van der Waals surface area contributed by atoms with Crippen LogP contribution in [0.4, 0.5) is 5.69 Å². The van der Waals surface area contributed by atoms with Gasteiger partial charge in [0.1, 0.15) is 11.6 Å². The lowest BCUT2D eigenvalue weighted by Gasteiger charge is -2.29. The van der Waals surface area contributed by atoms with Crippen LogP contribution < -0.4 is 4.31 Å². The number of esters is 1. The van der Waals surface area contributed by atoms with Crippen molar-refractivity contribution >= 4 is 46.3 Å². The van der Waals surface area contributed by atoms with Gasteiger partial charge in [-0.3, -0.25) is 18.9 Å². The molecule has 0 saturated carbocycles. The molecule has 9 heteroatoms. The summed E-state index contributed by atoms with van der Waals surface area (Å²) in [5, 5.41) is 9.86. The van der Waals surface area contributed by atoms with E-state index in [4.69, 9.17) is 9.84 Å². The maximum atomic E-state index is 13.9. The molecule has 1 aliphatic rings. The van der Waals surface area contributed by atoms with E-state index < -0.39 is 29.5 Å². The first-order chi connectivity index (χ1) is 16.2. The Labute approximate surface area is 202 Å². The van der Waals surface area contributed by atoms with Gasteiger partial charge in [-0.1, -0.05) is 18.2 Å².